The Balaban J connectivity index is 1.73. The molecule has 0 N–H and O–H groups in total. The van der Waals surface area contributed by atoms with Crippen LogP contribution in [0.1, 0.15) is 33.6 Å². The van der Waals surface area contributed by atoms with E-state index < -0.39 is 5.60 Å². The summed E-state index contributed by atoms with van der Waals surface area (Å²) in [5.74, 6) is 0.802. The zero-order valence-corrected chi connectivity index (χ0v) is 15.7. The maximum Gasteiger partial charge on any atom is 0.410 e. The first kappa shape index (κ1) is 17.9. The maximum atomic E-state index is 12.3. The molecule has 1 amide bonds. The number of hydrogen-bond acceptors (Lipinski definition) is 3. The third-order valence-corrected chi connectivity index (χ3v) is 4.36. The molecule has 2 aromatic rings. The smallest absolute Gasteiger partial charge is 0.410 e. The number of amides is 1. The normalized spacial score (nSPS) is 18.2. The molecule has 0 bridgehead atoms. The number of carbonyl (C=O) groups is 1. The Morgan fingerprint density at radius 1 is 1.24 bits per heavy atom. The molecule has 25 heavy (non-hydrogen) atoms. The van der Waals surface area contributed by atoms with Gasteiger partial charge >= 0.3 is 6.09 Å². The van der Waals surface area contributed by atoms with Crippen molar-refractivity contribution in [1.82, 2.24) is 4.90 Å². The lowest BCUT2D eigenvalue weighted by Gasteiger charge is -2.34. The molecule has 0 aliphatic carbocycles. The second-order valence-corrected chi connectivity index (χ2v) is 7.87. The van der Waals surface area contributed by atoms with Gasteiger partial charge in [-0.1, -0.05) is 29.8 Å². The third kappa shape index (κ3) is 4.57. The SMILES string of the molecule is CC(C)(C)OC(=O)N1CCC[C@@H](Oc2cccc3ccc(Cl)cc23)C1. The second kappa shape index (κ2) is 7.12. The maximum absolute atomic E-state index is 12.3. The number of hydrogen-bond donors (Lipinski definition) is 0. The average Bonchev–Trinajstić information content (AvgIpc) is 2.54. The van der Waals surface area contributed by atoms with E-state index in [-0.39, 0.29) is 12.2 Å². The Morgan fingerprint density at radius 3 is 2.80 bits per heavy atom. The lowest BCUT2D eigenvalue weighted by atomic mass is 10.1. The van der Waals surface area contributed by atoms with E-state index in [2.05, 4.69) is 0 Å². The number of halogens is 1. The van der Waals surface area contributed by atoms with Crippen LogP contribution >= 0.6 is 11.6 Å². The summed E-state index contributed by atoms with van der Waals surface area (Å²) in [5.41, 5.74) is -0.489. The van der Waals surface area contributed by atoms with Crippen molar-refractivity contribution in [2.45, 2.75) is 45.3 Å². The van der Waals surface area contributed by atoms with Gasteiger partial charge in [0.25, 0.3) is 0 Å². The minimum Gasteiger partial charge on any atom is -0.488 e. The van der Waals surface area contributed by atoms with Gasteiger partial charge < -0.3 is 14.4 Å². The van der Waals surface area contributed by atoms with Gasteiger partial charge in [-0.05, 0) is 57.2 Å². The predicted molar refractivity (Wildman–Crippen MR) is 100 cm³/mol. The summed E-state index contributed by atoms with van der Waals surface area (Å²) in [4.78, 5) is 14.0. The molecule has 1 heterocycles. The Hall–Kier alpha value is -1.94. The van der Waals surface area contributed by atoms with E-state index in [1.807, 2.05) is 57.2 Å². The van der Waals surface area contributed by atoms with Crippen LogP contribution in [-0.2, 0) is 4.74 Å². The molecular formula is C20H24ClNO3. The number of rotatable bonds is 2. The summed E-state index contributed by atoms with van der Waals surface area (Å²) in [6.45, 7) is 6.87. The number of likely N-dealkylation sites (tertiary alicyclic amines) is 1. The lowest BCUT2D eigenvalue weighted by Crippen LogP contribution is -2.46. The van der Waals surface area contributed by atoms with E-state index in [1.165, 1.54) is 0 Å². The van der Waals surface area contributed by atoms with Gasteiger partial charge in [0.1, 0.15) is 17.5 Å². The van der Waals surface area contributed by atoms with Crippen LogP contribution in [0.5, 0.6) is 5.75 Å². The Labute approximate surface area is 153 Å². The summed E-state index contributed by atoms with van der Waals surface area (Å²) >= 11 is 6.13. The number of fused-ring (bicyclic) bond motifs is 1. The van der Waals surface area contributed by atoms with Crippen molar-refractivity contribution in [3.63, 3.8) is 0 Å². The molecule has 1 saturated heterocycles. The quantitative estimate of drug-likeness (QED) is 0.731. The van der Waals surface area contributed by atoms with Crippen molar-refractivity contribution in [3.8, 4) is 5.75 Å². The van der Waals surface area contributed by atoms with E-state index in [0.717, 1.165) is 29.4 Å². The molecule has 3 rings (SSSR count). The fraction of sp³-hybridized carbons (Fsp3) is 0.450. The molecule has 134 valence electrons. The monoisotopic (exact) mass is 361 g/mol. The lowest BCUT2D eigenvalue weighted by molar-refractivity contribution is 0.00794. The Morgan fingerprint density at radius 2 is 2.04 bits per heavy atom. The van der Waals surface area contributed by atoms with Crippen molar-refractivity contribution >= 4 is 28.5 Å². The average molecular weight is 362 g/mol. The molecule has 5 heteroatoms. The van der Waals surface area contributed by atoms with E-state index in [0.29, 0.717) is 18.1 Å². The minimum atomic E-state index is -0.489. The Kier molecular flexibility index (Phi) is 5.09. The first-order valence-electron chi connectivity index (χ1n) is 8.65. The first-order valence-corrected chi connectivity index (χ1v) is 9.02. The Bertz CT molecular complexity index is 769. The van der Waals surface area contributed by atoms with Crippen molar-refractivity contribution in [2.24, 2.45) is 0 Å². The number of piperidine rings is 1. The van der Waals surface area contributed by atoms with Crippen LogP contribution in [0.25, 0.3) is 10.8 Å². The largest absolute Gasteiger partial charge is 0.488 e. The van der Waals surface area contributed by atoms with Gasteiger partial charge in [0.15, 0.2) is 0 Å². The molecule has 2 aromatic carbocycles. The van der Waals surface area contributed by atoms with Crippen LogP contribution in [0, 0.1) is 0 Å². The van der Waals surface area contributed by atoms with E-state index in [4.69, 9.17) is 21.1 Å². The van der Waals surface area contributed by atoms with Gasteiger partial charge in [-0.2, -0.15) is 0 Å². The van der Waals surface area contributed by atoms with Crippen molar-refractivity contribution in [1.29, 1.82) is 0 Å². The number of ether oxygens (including phenoxy) is 2. The van der Waals surface area contributed by atoms with Crippen LogP contribution in [0.2, 0.25) is 5.02 Å². The van der Waals surface area contributed by atoms with Crippen LogP contribution < -0.4 is 4.74 Å². The second-order valence-electron chi connectivity index (χ2n) is 7.43. The molecule has 1 aliphatic heterocycles. The van der Waals surface area contributed by atoms with Gasteiger partial charge in [0.05, 0.1) is 6.54 Å². The standard InChI is InChI=1S/C20H24ClNO3/c1-20(2,3)25-19(23)22-11-5-7-16(13-22)24-18-8-4-6-14-9-10-15(21)12-17(14)18/h4,6,8-10,12,16H,5,7,11,13H2,1-3H3/t16-/m1/s1. The highest BCUT2D eigenvalue weighted by Crippen LogP contribution is 2.30. The highest BCUT2D eigenvalue weighted by atomic mass is 35.5. The fourth-order valence-electron chi connectivity index (χ4n) is 3.03. The van der Waals surface area contributed by atoms with Gasteiger partial charge in [-0.3, -0.25) is 0 Å². The summed E-state index contributed by atoms with van der Waals surface area (Å²) in [6.07, 6.45) is 1.48. The number of carbonyl (C=O) groups excluding carboxylic acids is 1. The van der Waals surface area contributed by atoms with Gasteiger partial charge in [-0.15, -0.1) is 0 Å². The van der Waals surface area contributed by atoms with E-state index in [9.17, 15) is 4.79 Å². The van der Waals surface area contributed by atoms with Crippen LogP contribution in [0.4, 0.5) is 4.79 Å². The summed E-state index contributed by atoms with van der Waals surface area (Å²) < 4.78 is 11.7. The summed E-state index contributed by atoms with van der Waals surface area (Å²) in [5, 5.41) is 2.76. The highest BCUT2D eigenvalue weighted by molar-refractivity contribution is 6.31. The van der Waals surface area contributed by atoms with Crippen LogP contribution in [0.3, 0.4) is 0 Å². The van der Waals surface area contributed by atoms with Crippen LogP contribution in [-0.4, -0.2) is 35.8 Å². The molecule has 4 nitrogen and oxygen atoms in total. The predicted octanol–water partition coefficient (Wildman–Crippen LogP) is 5.27. The molecule has 1 aliphatic rings. The van der Waals surface area contributed by atoms with Gasteiger partial charge in [0.2, 0.25) is 0 Å². The van der Waals surface area contributed by atoms with Crippen molar-refractivity contribution in [2.75, 3.05) is 13.1 Å². The van der Waals surface area contributed by atoms with E-state index >= 15 is 0 Å². The summed E-state index contributed by atoms with van der Waals surface area (Å²) in [7, 11) is 0. The molecule has 0 aromatic heterocycles. The molecule has 1 fully saturated rings. The van der Waals surface area contributed by atoms with Crippen molar-refractivity contribution < 1.29 is 14.3 Å². The number of benzene rings is 2. The molecular weight excluding hydrogens is 338 g/mol. The van der Waals surface area contributed by atoms with Gasteiger partial charge in [-0.25, -0.2) is 4.79 Å². The van der Waals surface area contributed by atoms with Crippen LogP contribution in [0.15, 0.2) is 36.4 Å². The third-order valence-electron chi connectivity index (χ3n) is 4.13. The molecule has 0 radical (unpaired) electrons. The van der Waals surface area contributed by atoms with Gasteiger partial charge in [0, 0.05) is 17.0 Å². The van der Waals surface area contributed by atoms with E-state index in [1.54, 1.807) is 4.90 Å². The molecule has 1 atom stereocenters. The number of nitrogens with zero attached hydrogens (tertiary/aromatic N) is 1. The topological polar surface area (TPSA) is 38.8 Å². The van der Waals surface area contributed by atoms with Crippen molar-refractivity contribution in [3.05, 3.63) is 41.4 Å². The highest BCUT2D eigenvalue weighted by Gasteiger charge is 2.28. The zero-order valence-electron chi connectivity index (χ0n) is 14.9. The molecule has 0 unspecified atom stereocenters. The minimum absolute atomic E-state index is 0.0501. The summed E-state index contributed by atoms with van der Waals surface area (Å²) in [6, 6.07) is 11.7. The molecule has 0 spiro atoms. The molecule has 0 saturated carbocycles. The zero-order chi connectivity index (χ0) is 18.0. The first-order chi connectivity index (χ1) is 11.8. The fourth-order valence-corrected chi connectivity index (χ4v) is 3.20.